The maximum atomic E-state index is 11.9. The molecule has 1 heterocycles. The third kappa shape index (κ3) is 5.75. The minimum Gasteiger partial charge on any atom is -0.495 e. The number of hydrogen-bond donors (Lipinski definition) is 2. The molecule has 0 bridgehead atoms. The van der Waals surface area contributed by atoms with Gasteiger partial charge in [-0.25, -0.2) is 4.79 Å². The Hall–Kier alpha value is -1.75. The first kappa shape index (κ1) is 17.6. The van der Waals surface area contributed by atoms with E-state index >= 15 is 0 Å². The molecule has 2 rings (SSSR count). The van der Waals surface area contributed by atoms with Crippen molar-refractivity contribution in [3.05, 3.63) is 23.8 Å². The van der Waals surface area contributed by atoms with Gasteiger partial charge in [-0.2, -0.15) is 0 Å². The van der Waals surface area contributed by atoms with Crippen LogP contribution in [-0.2, 0) is 11.2 Å². The number of carbonyl (C=O) groups excluding carboxylic acids is 1. The first-order valence-corrected chi connectivity index (χ1v) is 8.28. The van der Waals surface area contributed by atoms with E-state index in [1.807, 2.05) is 39.0 Å². The molecular weight excluding hydrogens is 292 g/mol. The molecule has 0 aromatic heterocycles. The first-order valence-electron chi connectivity index (χ1n) is 8.28. The van der Waals surface area contributed by atoms with Crippen molar-refractivity contribution in [2.24, 2.45) is 0 Å². The van der Waals surface area contributed by atoms with Crippen LogP contribution in [-0.4, -0.2) is 31.4 Å². The molecule has 128 valence electrons. The Labute approximate surface area is 138 Å². The van der Waals surface area contributed by atoms with Gasteiger partial charge in [-0.3, -0.25) is 5.32 Å². The van der Waals surface area contributed by atoms with E-state index in [0.29, 0.717) is 17.5 Å². The zero-order valence-electron chi connectivity index (χ0n) is 14.6. The van der Waals surface area contributed by atoms with Gasteiger partial charge in [-0.1, -0.05) is 12.5 Å². The molecule has 0 spiro atoms. The Balaban J connectivity index is 2.02. The van der Waals surface area contributed by atoms with Crippen LogP contribution in [0, 0.1) is 0 Å². The summed E-state index contributed by atoms with van der Waals surface area (Å²) in [5.74, 6) is 0.657. The number of ether oxygens (including phenoxy) is 2. The molecule has 1 atom stereocenters. The lowest BCUT2D eigenvalue weighted by Crippen LogP contribution is -2.35. The predicted molar refractivity (Wildman–Crippen MR) is 92.2 cm³/mol. The van der Waals surface area contributed by atoms with Crippen LogP contribution < -0.4 is 15.4 Å². The van der Waals surface area contributed by atoms with Crippen molar-refractivity contribution in [1.82, 2.24) is 5.32 Å². The molecule has 5 heteroatoms. The fourth-order valence-electron chi connectivity index (χ4n) is 2.76. The second kappa shape index (κ2) is 7.68. The molecule has 1 aromatic carbocycles. The molecule has 1 aliphatic rings. The molecule has 23 heavy (non-hydrogen) atoms. The Morgan fingerprint density at radius 1 is 1.35 bits per heavy atom. The number of rotatable bonds is 4. The van der Waals surface area contributed by atoms with Gasteiger partial charge >= 0.3 is 6.09 Å². The lowest BCUT2D eigenvalue weighted by atomic mass is 9.97. The summed E-state index contributed by atoms with van der Waals surface area (Å²) in [5, 5.41) is 6.29. The van der Waals surface area contributed by atoms with Crippen molar-refractivity contribution in [3.63, 3.8) is 0 Å². The Morgan fingerprint density at radius 3 is 2.74 bits per heavy atom. The highest BCUT2D eigenvalue weighted by atomic mass is 16.6. The zero-order chi connectivity index (χ0) is 16.9. The number of anilines is 1. The highest BCUT2D eigenvalue weighted by Gasteiger charge is 2.18. The van der Waals surface area contributed by atoms with Crippen LogP contribution in [0.15, 0.2) is 18.2 Å². The fourth-order valence-corrected chi connectivity index (χ4v) is 2.76. The minimum atomic E-state index is -0.524. The van der Waals surface area contributed by atoms with E-state index in [-0.39, 0.29) is 0 Å². The quantitative estimate of drug-likeness (QED) is 0.887. The average molecular weight is 320 g/mol. The SMILES string of the molecule is COc1cc(CC2CCCCN2)ccc1NC(=O)OC(C)(C)C. The smallest absolute Gasteiger partial charge is 0.412 e. The van der Waals surface area contributed by atoms with Crippen molar-refractivity contribution >= 4 is 11.8 Å². The monoisotopic (exact) mass is 320 g/mol. The molecule has 1 aliphatic heterocycles. The largest absolute Gasteiger partial charge is 0.495 e. The second-order valence-corrected chi connectivity index (χ2v) is 7.01. The molecule has 5 nitrogen and oxygen atoms in total. The molecule has 1 unspecified atom stereocenters. The molecule has 1 aromatic rings. The average Bonchev–Trinajstić information content (AvgIpc) is 2.48. The fraction of sp³-hybridized carbons (Fsp3) is 0.611. The Bertz CT molecular complexity index is 532. The van der Waals surface area contributed by atoms with Gasteiger partial charge in [-0.05, 0) is 64.3 Å². The molecular formula is C18H28N2O3. The maximum Gasteiger partial charge on any atom is 0.412 e. The van der Waals surface area contributed by atoms with Crippen LogP contribution in [0.4, 0.5) is 10.5 Å². The third-order valence-corrected chi connectivity index (χ3v) is 3.80. The van der Waals surface area contributed by atoms with Crippen LogP contribution >= 0.6 is 0 Å². The Kier molecular flexibility index (Phi) is 5.88. The number of hydrogen-bond acceptors (Lipinski definition) is 4. The summed E-state index contributed by atoms with van der Waals surface area (Å²) in [7, 11) is 1.61. The topological polar surface area (TPSA) is 59.6 Å². The van der Waals surface area contributed by atoms with Crippen LogP contribution in [0.5, 0.6) is 5.75 Å². The summed E-state index contributed by atoms with van der Waals surface area (Å²) >= 11 is 0. The molecule has 0 radical (unpaired) electrons. The zero-order valence-corrected chi connectivity index (χ0v) is 14.6. The summed E-state index contributed by atoms with van der Waals surface area (Å²) in [6.45, 7) is 6.61. The van der Waals surface area contributed by atoms with Gasteiger partial charge in [0.05, 0.1) is 12.8 Å². The van der Waals surface area contributed by atoms with Gasteiger partial charge in [0.25, 0.3) is 0 Å². The summed E-state index contributed by atoms with van der Waals surface area (Å²) < 4.78 is 10.7. The molecule has 2 N–H and O–H groups in total. The van der Waals surface area contributed by atoms with E-state index < -0.39 is 11.7 Å². The standard InChI is InChI=1S/C18H28N2O3/c1-18(2,3)23-17(21)20-15-9-8-13(12-16(15)22-4)11-14-7-5-6-10-19-14/h8-9,12,14,19H,5-7,10-11H2,1-4H3,(H,20,21). The van der Waals surface area contributed by atoms with E-state index in [2.05, 4.69) is 10.6 Å². The summed E-state index contributed by atoms with van der Waals surface area (Å²) in [6, 6.07) is 6.42. The minimum absolute atomic E-state index is 0.475. The van der Waals surface area contributed by atoms with E-state index in [1.165, 1.54) is 24.8 Å². The molecule has 1 fully saturated rings. The van der Waals surface area contributed by atoms with E-state index in [4.69, 9.17) is 9.47 Å². The van der Waals surface area contributed by atoms with Crippen molar-refractivity contribution in [2.75, 3.05) is 19.0 Å². The van der Waals surface area contributed by atoms with E-state index in [0.717, 1.165) is 13.0 Å². The Morgan fingerprint density at radius 2 is 2.13 bits per heavy atom. The highest BCUT2D eigenvalue weighted by molar-refractivity contribution is 5.87. The van der Waals surface area contributed by atoms with E-state index in [1.54, 1.807) is 7.11 Å². The van der Waals surface area contributed by atoms with Crippen LogP contribution in [0.3, 0.4) is 0 Å². The summed E-state index contributed by atoms with van der Waals surface area (Å²) in [6.07, 6.45) is 4.26. The normalized spacial score (nSPS) is 18.3. The van der Waals surface area contributed by atoms with Crippen LogP contribution in [0.1, 0.15) is 45.6 Å². The molecule has 1 amide bonds. The lowest BCUT2D eigenvalue weighted by molar-refractivity contribution is 0.0635. The maximum absolute atomic E-state index is 11.9. The van der Waals surface area contributed by atoms with Gasteiger partial charge in [0.2, 0.25) is 0 Å². The summed E-state index contributed by atoms with van der Waals surface area (Å²) in [5.41, 5.74) is 1.31. The van der Waals surface area contributed by atoms with Crippen molar-refractivity contribution in [3.8, 4) is 5.75 Å². The number of methoxy groups -OCH3 is 1. The van der Waals surface area contributed by atoms with Crippen LogP contribution in [0.25, 0.3) is 0 Å². The highest BCUT2D eigenvalue weighted by Crippen LogP contribution is 2.27. The van der Waals surface area contributed by atoms with Crippen molar-refractivity contribution in [1.29, 1.82) is 0 Å². The second-order valence-electron chi connectivity index (χ2n) is 7.01. The van der Waals surface area contributed by atoms with Gasteiger partial charge in [0.1, 0.15) is 11.4 Å². The van der Waals surface area contributed by atoms with Gasteiger partial charge < -0.3 is 14.8 Å². The molecule has 0 aliphatic carbocycles. The number of carbonyl (C=O) groups is 1. The first-order chi connectivity index (χ1) is 10.9. The van der Waals surface area contributed by atoms with Gasteiger partial charge in [-0.15, -0.1) is 0 Å². The van der Waals surface area contributed by atoms with Crippen LogP contribution in [0.2, 0.25) is 0 Å². The number of nitrogens with one attached hydrogen (secondary N) is 2. The third-order valence-electron chi connectivity index (χ3n) is 3.80. The number of piperidine rings is 1. The van der Waals surface area contributed by atoms with Crippen molar-refractivity contribution in [2.45, 2.75) is 58.1 Å². The van der Waals surface area contributed by atoms with Crippen molar-refractivity contribution < 1.29 is 14.3 Å². The number of benzene rings is 1. The molecule has 0 saturated carbocycles. The van der Waals surface area contributed by atoms with Gasteiger partial charge in [0, 0.05) is 6.04 Å². The lowest BCUT2D eigenvalue weighted by Gasteiger charge is -2.24. The number of amides is 1. The molecule has 1 saturated heterocycles. The predicted octanol–water partition coefficient (Wildman–Crippen LogP) is 3.73. The summed E-state index contributed by atoms with van der Waals surface area (Å²) in [4.78, 5) is 11.9. The van der Waals surface area contributed by atoms with Gasteiger partial charge in [0.15, 0.2) is 0 Å². The van der Waals surface area contributed by atoms with E-state index in [9.17, 15) is 4.79 Å².